The maximum Gasteiger partial charge on any atom is 0.254 e. The highest BCUT2D eigenvalue weighted by Gasteiger charge is 2.38. The molecule has 2 aliphatic rings. The summed E-state index contributed by atoms with van der Waals surface area (Å²) in [6, 6.07) is 18.2. The third-order valence-electron chi connectivity index (χ3n) is 7.79. The number of benzene rings is 2. The fourth-order valence-corrected chi connectivity index (χ4v) is 6.36. The summed E-state index contributed by atoms with van der Waals surface area (Å²) in [5, 5.41) is 2.11. The van der Waals surface area contributed by atoms with Crippen molar-refractivity contribution >= 4 is 23.2 Å². The number of carbonyl (C=O) groups excluding carboxylic acids is 2. The van der Waals surface area contributed by atoms with E-state index in [2.05, 4.69) is 30.5 Å². The number of unbranched alkanes of at least 4 members (excludes halogenated alkanes) is 3. The van der Waals surface area contributed by atoms with E-state index in [1.807, 2.05) is 46.2 Å². The predicted octanol–water partition coefficient (Wildman–Crippen LogP) is 6.66. The van der Waals surface area contributed by atoms with Gasteiger partial charge in [0.15, 0.2) is 0 Å². The van der Waals surface area contributed by atoms with Gasteiger partial charge in [0, 0.05) is 23.0 Å². The van der Waals surface area contributed by atoms with Gasteiger partial charge in [-0.1, -0.05) is 50.5 Å². The van der Waals surface area contributed by atoms with Gasteiger partial charge in [-0.05, 0) is 84.5 Å². The third-order valence-corrected chi connectivity index (χ3v) is 8.79. The summed E-state index contributed by atoms with van der Waals surface area (Å²) < 4.78 is 5.35. The average Bonchev–Trinajstić information content (AvgIpc) is 3.69. The summed E-state index contributed by atoms with van der Waals surface area (Å²) in [5.41, 5.74) is 4.21. The minimum absolute atomic E-state index is 0.00969. The highest BCUT2D eigenvalue weighted by molar-refractivity contribution is 7.10. The van der Waals surface area contributed by atoms with Crippen LogP contribution in [0.3, 0.4) is 0 Å². The molecule has 1 unspecified atom stereocenters. The Morgan fingerprint density at radius 2 is 1.76 bits per heavy atom. The summed E-state index contributed by atoms with van der Waals surface area (Å²) in [5.74, 6) is 0.772. The van der Waals surface area contributed by atoms with Crippen LogP contribution in [0.5, 0.6) is 5.75 Å². The lowest BCUT2D eigenvalue weighted by Crippen LogP contribution is -2.47. The Kier molecular flexibility index (Phi) is 8.48. The largest absolute Gasteiger partial charge is 0.497 e. The van der Waals surface area contributed by atoms with Crippen LogP contribution in [0.2, 0.25) is 0 Å². The number of ether oxygens (including phenoxy) is 1. The Morgan fingerprint density at radius 3 is 2.45 bits per heavy atom. The number of carbonyl (C=O) groups is 2. The zero-order chi connectivity index (χ0) is 26.5. The molecule has 6 heteroatoms. The zero-order valence-corrected chi connectivity index (χ0v) is 23.3. The van der Waals surface area contributed by atoms with Crippen LogP contribution in [0.25, 0.3) is 0 Å². The van der Waals surface area contributed by atoms with Crippen LogP contribution in [-0.4, -0.2) is 47.9 Å². The quantitative estimate of drug-likeness (QED) is 0.261. The standard InChI is InChI=1S/C32H38N2O3S/c1-3-4-5-6-7-23-8-10-25(11-9-23)32(36)34(26-14-15-26)22-30(35)33-20-18-29-28(19-21-38-29)31(33)24-12-16-27(37-2)17-13-24/h8-13,16-17,19,21,26,31H,3-7,14-15,18,20,22H2,1-2H3. The molecule has 200 valence electrons. The number of hydrogen-bond donors (Lipinski definition) is 0. The van der Waals surface area contributed by atoms with Gasteiger partial charge in [0.2, 0.25) is 5.91 Å². The lowest BCUT2D eigenvalue weighted by molar-refractivity contribution is -0.134. The highest BCUT2D eigenvalue weighted by Crippen LogP contribution is 2.39. The highest BCUT2D eigenvalue weighted by atomic mass is 32.1. The van der Waals surface area contributed by atoms with Gasteiger partial charge in [0.25, 0.3) is 5.91 Å². The van der Waals surface area contributed by atoms with Crippen LogP contribution in [0.4, 0.5) is 0 Å². The Balaban J connectivity index is 1.31. The Labute approximate surface area is 230 Å². The molecular weight excluding hydrogens is 492 g/mol. The van der Waals surface area contributed by atoms with E-state index in [1.165, 1.54) is 41.7 Å². The van der Waals surface area contributed by atoms with E-state index in [1.54, 1.807) is 18.4 Å². The topological polar surface area (TPSA) is 49.9 Å². The summed E-state index contributed by atoms with van der Waals surface area (Å²) >= 11 is 1.76. The van der Waals surface area contributed by atoms with Crippen molar-refractivity contribution in [2.75, 3.05) is 20.2 Å². The summed E-state index contributed by atoms with van der Waals surface area (Å²) in [6.07, 6.45) is 8.75. The van der Waals surface area contributed by atoms with E-state index in [0.29, 0.717) is 12.1 Å². The summed E-state index contributed by atoms with van der Waals surface area (Å²) in [7, 11) is 1.66. The van der Waals surface area contributed by atoms with Crippen molar-refractivity contribution in [1.82, 2.24) is 9.80 Å². The average molecular weight is 531 g/mol. The second kappa shape index (κ2) is 12.2. The molecule has 3 aromatic rings. The van der Waals surface area contributed by atoms with Gasteiger partial charge in [0.05, 0.1) is 13.2 Å². The Hall–Kier alpha value is -3.12. The molecule has 1 fully saturated rings. The number of rotatable bonds is 11. The van der Waals surface area contributed by atoms with Gasteiger partial charge < -0.3 is 14.5 Å². The zero-order valence-electron chi connectivity index (χ0n) is 22.5. The van der Waals surface area contributed by atoms with Crippen molar-refractivity contribution in [2.24, 2.45) is 0 Å². The van der Waals surface area contributed by atoms with E-state index in [-0.39, 0.29) is 30.4 Å². The molecule has 0 bridgehead atoms. The molecule has 5 rings (SSSR count). The second-order valence-electron chi connectivity index (χ2n) is 10.5. The van der Waals surface area contributed by atoms with Crippen LogP contribution < -0.4 is 4.74 Å². The van der Waals surface area contributed by atoms with Gasteiger partial charge in [-0.25, -0.2) is 0 Å². The lowest BCUT2D eigenvalue weighted by Gasteiger charge is -2.37. The Bertz CT molecular complexity index is 1230. The van der Waals surface area contributed by atoms with Gasteiger partial charge >= 0.3 is 0 Å². The van der Waals surface area contributed by atoms with Crippen LogP contribution in [0.1, 0.15) is 83.4 Å². The Morgan fingerprint density at radius 1 is 1.00 bits per heavy atom. The number of thiophene rings is 1. The van der Waals surface area contributed by atoms with E-state index < -0.39 is 0 Å². The van der Waals surface area contributed by atoms with E-state index in [9.17, 15) is 9.59 Å². The minimum Gasteiger partial charge on any atom is -0.497 e. The monoisotopic (exact) mass is 530 g/mol. The molecule has 2 amide bonds. The number of fused-ring (bicyclic) bond motifs is 1. The molecular formula is C32H38N2O3S. The van der Waals surface area contributed by atoms with Crippen LogP contribution in [-0.2, 0) is 17.6 Å². The lowest BCUT2D eigenvalue weighted by atomic mass is 9.93. The molecule has 0 saturated heterocycles. The van der Waals surface area contributed by atoms with Crippen molar-refractivity contribution in [2.45, 2.75) is 70.4 Å². The molecule has 1 aliphatic heterocycles. The number of nitrogens with zero attached hydrogens (tertiary/aromatic N) is 2. The smallest absolute Gasteiger partial charge is 0.254 e. The van der Waals surface area contributed by atoms with E-state index >= 15 is 0 Å². The molecule has 5 nitrogen and oxygen atoms in total. The minimum atomic E-state index is -0.147. The van der Waals surface area contributed by atoms with Crippen LogP contribution >= 0.6 is 11.3 Å². The van der Waals surface area contributed by atoms with E-state index in [0.717, 1.165) is 37.0 Å². The number of amides is 2. The first kappa shape index (κ1) is 26.5. The maximum atomic E-state index is 13.9. The molecule has 0 N–H and O–H groups in total. The number of methoxy groups -OCH3 is 1. The molecule has 0 spiro atoms. The SMILES string of the molecule is CCCCCCc1ccc(C(=O)N(CC(=O)N2CCc3sccc3C2c2ccc(OC)cc2)C2CC2)cc1. The van der Waals surface area contributed by atoms with Crippen molar-refractivity contribution in [1.29, 1.82) is 0 Å². The van der Waals surface area contributed by atoms with Crippen LogP contribution in [0, 0.1) is 0 Å². The predicted molar refractivity (Wildman–Crippen MR) is 153 cm³/mol. The molecule has 2 aromatic carbocycles. The van der Waals surface area contributed by atoms with Crippen molar-refractivity contribution in [3.05, 3.63) is 87.1 Å². The molecule has 38 heavy (non-hydrogen) atoms. The first-order chi connectivity index (χ1) is 18.6. The molecule has 2 heterocycles. The van der Waals surface area contributed by atoms with Gasteiger partial charge in [-0.3, -0.25) is 9.59 Å². The van der Waals surface area contributed by atoms with E-state index in [4.69, 9.17) is 4.74 Å². The van der Waals surface area contributed by atoms with Crippen molar-refractivity contribution in [3.8, 4) is 5.75 Å². The molecule has 1 saturated carbocycles. The maximum absolute atomic E-state index is 13.9. The summed E-state index contributed by atoms with van der Waals surface area (Å²) in [4.78, 5) is 32.5. The van der Waals surface area contributed by atoms with Crippen molar-refractivity contribution < 1.29 is 14.3 Å². The summed E-state index contributed by atoms with van der Waals surface area (Å²) in [6.45, 7) is 3.00. The first-order valence-electron chi connectivity index (χ1n) is 14.0. The molecule has 1 atom stereocenters. The normalized spacial score (nSPS) is 16.7. The van der Waals surface area contributed by atoms with Gasteiger partial charge in [-0.2, -0.15) is 0 Å². The van der Waals surface area contributed by atoms with Crippen molar-refractivity contribution in [3.63, 3.8) is 0 Å². The number of hydrogen-bond acceptors (Lipinski definition) is 4. The molecule has 0 radical (unpaired) electrons. The fraction of sp³-hybridized carbons (Fsp3) is 0.438. The molecule has 1 aliphatic carbocycles. The van der Waals surface area contributed by atoms with Crippen LogP contribution in [0.15, 0.2) is 60.0 Å². The van der Waals surface area contributed by atoms with Gasteiger partial charge in [0.1, 0.15) is 12.3 Å². The second-order valence-corrected chi connectivity index (χ2v) is 11.5. The van der Waals surface area contributed by atoms with Gasteiger partial charge in [-0.15, -0.1) is 11.3 Å². The molecule has 1 aromatic heterocycles. The number of aryl methyl sites for hydroxylation is 1. The fourth-order valence-electron chi connectivity index (χ4n) is 5.46. The third kappa shape index (κ3) is 5.96. The first-order valence-corrected chi connectivity index (χ1v) is 14.9.